The maximum atomic E-state index is 9.42. The molecule has 0 fully saturated rings. The van der Waals surface area contributed by atoms with Gasteiger partial charge in [0.15, 0.2) is 5.82 Å². The molecule has 0 radical (unpaired) electrons. The van der Waals surface area contributed by atoms with Crippen molar-refractivity contribution in [3.05, 3.63) is 215 Å². The van der Waals surface area contributed by atoms with Crippen molar-refractivity contribution >= 4 is 0 Å². The predicted molar refractivity (Wildman–Crippen MR) is 218 cm³/mol. The Morgan fingerprint density at radius 2 is 0.944 bits per heavy atom. The van der Waals surface area contributed by atoms with Gasteiger partial charge in [0.05, 0.1) is 28.4 Å². The molecule has 1 spiro atoms. The summed E-state index contributed by atoms with van der Waals surface area (Å²) in [4.78, 5) is 10.1. The first-order valence-electron chi connectivity index (χ1n) is 18.5. The molecule has 2 aliphatic carbocycles. The summed E-state index contributed by atoms with van der Waals surface area (Å²) in [7, 11) is 0. The number of benzene rings is 7. The summed E-state index contributed by atoms with van der Waals surface area (Å²) < 4.78 is 0. The van der Waals surface area contributed by atoms with Crippen molar-refractivity contribution < 1.29 is 0 Å². The lowest BCUT2D eigenvalue weighted by molar-refractivity contribution is 0.563. The molecule has 0 aliphatic heterocycles. The van der Waals surface area contributed by atoms with Crippen LogP contribution >= 0.6 is 0 Å². The zero-order valence-electron chi connectivity index (χ0n) is 30.1. The average Bonchev–Trinajstić information content (AvgIpc) is 3.54. The fourth-order valence-corrected chi connectivity index (χ4v) is 9.17. The van der Waals surface area contributed by atoms with Crippen LogP contribution in [0.3, 0.4) is 0 Å². The Bertz CT molecular complexity index is 2760. The zero-order chi connectivity index (χ0) is 36.4. The first-order valence-corrected chi connectivity index (χ1v) is 18.5. The minimum atomic E-state index is -0.449. The molecule has 0 saturated heterocycles. The lowest BCUT2D eigenvalue weighted by Gasteiger charge is -2.46. The largest absolute Gasteiger partial charge is 0.228 e. The van der Waals surface area contributed by atoms with E-state index in [1.54, 1.807) is 0 Å². The minimum Gasteiger partial charge on any atom is -0.228 e. The van der Waals surface area contributed by atoms with Gasteiger partial charge in [-0.25, -0.2) is 9.97 Å². The summed E-state index contributed by atoms with van der Waals surface area (Å²) in [5.41, 5.74) is 17.6. The second-order valence-electron chi connectivity index (χ2n) is 14.8. The van der Waals surface area contributed by atoms with Crippen LogP contribution in [-0.2, 0) is 10.8 Å². The maximum Gasteiger partial charge on any atom is 0.160 e. The normalized spacial score (nSPS) is 14.0. The van der Waals surface area contributed by atoms with Gasteiger partial charge in [-0.05, 0) is 92.0 Å². The molecule has 0 saturated carbocycles. The highest BCUT2D eigenvalue weighted by molar-refractivity contribution is 5.97. The monoisotopic (exact) mass is 689 g/mol. The number of fused-ring (bicyclic) bond motifs is 9. The van der Waals surface area contributed by atoms with Crippen LogP contribution in [0.4, 0.5) is 0 Å². The fraction of sp³-hybridized carbons (Fsp3) is 0.0784. The van der Waals surface area contributed by atoms with Crippen LogP contribution < -0.4 is 0 Å². The van der Waals surface area contributed by atoms with Crippen LogP contribution in [0.1, 0.15) is 52.8 Å². The summed E-state index contributed by atoms with van der Waals surface area (Å²) >= 11 is 0. The third-order valence-corrected chi connectivity index (χ3v) is 11.6. The molecule has 0 bridgehead atoms. The molecule has 0 atom stereocenters. The molecule has 0 amide bonds. The molecule has 0 unspecified atom stereocenters. The summed E-state index contributed by atoms with van der Waals surface area (Å²) in [6.07, 6.45) is 0. The first-order chi connectivity index (χ1) is 26.5. The molecule has 10 rings (SSSR count). The van der Waals surface area contributed by atoms with Gasteiger partial charge < -0.3 is 0 Å². The van der Waals surface area contributed by atoms with Crippen molar-refractivity contribution in [2.75, 3.05) is 0 Å². The van der Waals surface area contributed by atoms with E-state index in [1.165, 1.54) is 50.1 Å². The van der Waals surface area contributed by atoms with Crippen LogP contribution in [0.15, 0.2) is 176 Å². The lowest BCUT2D eigenvalue weighted by Crippen LogP contribution is -2.40. The summed E-state index contributed by atoms with van der Waals surface area (Å²) in [5, 5.41) is 9.42. The second-order valence-corrected chi connectivity index (χ2v) is 14.8. The van der Waals surface area contributed by atoms with Crippen molar-refractivity contribution in [1.82, 2.24) is 9.97 Å². The Morgan fingerprint density at radius 1 is 0.426 bits per heavy atom. The van der Waals surface area contributed by atoms with Crippen molar-refractivity contribution in [3.8, 4) is 62.2 Å². The predicted octanol–water partition coefficient (Wildman–Crippen LogP) is 12.0. The molecule has 254 valence electrons. The third kappa shape index (κ3) is 4.60. The molecule has 0 N–H and O–H groups in total. The lowest BCUT2D eigenvalue weighted by atomic mass is 9.55. The summed E-state index contributed by atoms with van der Waals surface area (Å²) in [6, 6.07) is 64.8. The quantitative estimate of drug-likeness (QED) is 0.185. The molecular weight excluding hydrogens is 655 g/mol. The highest BCUT2D eigenvalue weighted by atomic mass is 14.9. The van der Waals surface area contributed by atoms with Crippen molar-refractivity contribution in [2.24, 2.45) is 0 Å². The van der Waals surface area contributed by atoms with Gasteiger partial charge in [-0.15, -0.1) is 0 Å². The van der Waals surface area contributed by atoms with Gasteiger partial charge in [-0.1, -0.05) is 153 Å². The fourth-order valence-electron chi connectivity index (χ4n) is 9.17. The molecular formula is C51H35N3. The number of aromatic nitrogens is 2. The summed E-state index contributed by atoms with van der Waals surface area (Å²) in [5.74, 6) is 0.621. The van der Waals surface area contributed by atoms with E-state index in [1.807, 2.05) is 42.5 Å². The topological polar surface area (TPSA) is 49.6 Å². The Kier molecular flexibility index (Phi) is 7.12. The van der Waals surface area contributed by atoms with E-state index in [9.17, 15) is 5.26 Å². The van der Waals surface area contributed by atoms with Gasteiger partial charge in [0.25, 0.3) is 0 Å². The van der Waals surface area contributed by atoms with Crippen LogP contribution in [0.5, 0.6) is 0 Å². The van der Waals surface area contributed by atoms with Gasteiger partial charge in [-0.3, -0.25) is 0 Å². The van der Waals surface area contributed by atoms with E-state index >= 15 is 0 Å². The van der Waals surface area contributed by atoms with E-state index in [0.29, 0.717) is 11.4 Å². The molecule has 7 aromatic carbocycles. The van der Waals surface area contributed by atoms with Gasteiger partial charge in [0, 0.05) is 22.1 Å². The highest BCUT2D eigenvalue weighted by Crippen LogP contribution is 2.63. The SMILES string of the molecule is CC1(C)c2ccccc2C2(c3ccccc3-c3c(-c4cccc(-c5cc(-c6ccccc6)nc(-c6ccc(C#N)cc6)n5)c4)cccc32)c2ccccc21. The maximum absolute atomic E-state index is 9.42. The van der Waals surface area contributed by atoms with E-state index in [2.05, 4.69) is 153 Å². The van der Waals surface area contributed by atoms with Crippen LogP contribution in [0.25, 0.3) is 56.2 Å². The van der Waals surface area contributed by atoms with Gasteiger partial charge >= 0.3 is 0 Å². The van der Waals surface area contributed by atoms with Gasteiger partial charge in [0.1, 0.15) is 0 Å². The Labute approximate surface area is 315 Å². The molecule has 3 heteroatoms. The van der Waals surface area contributed by atoms with E-state index in [0.717, 1.165) is 33.6 Å². The molecule has 1 heterocycles. The second kappa shape index (κ2) is 12.1. The third-order valence-electron chi connectivity index (χ3n) is 11.6. The standard InChI is InChI=1S/C51H35N3/c1-50(2)41-21-8-10-23-43(41)51(44-24-11-9-22-42(44)50)40-20-7-6-18-39(40)48-38(19-13-25-45(48)51)36-16-12-17-37(30-36)47-31-46(34-14-4-3-5-15-34)53-49(54-47)35-28-26-33(32-52)27-29-35/h3-31H,1-2H3. The molecule has 3 nitrogen and oxygen atoms in total. The summed E-state index contributed by atoms with van der Waals surface area (Å²) in [6.45, 7) is 4.73. The van der Waals surface area contributed by atoms with Crippen LogP contribution in [0.2, 0.25) is 0 Å². The van der Waals surface area contributed by atoms with E-state index in [-0.39, 0.29) is 5.41 Å². The van der Waals surface area contributed by atoms with E-state index in [4.69, 9.17) is 9.97 Å². The number of hydrogen-bond acceptors (Lipinski definition) is 3. The van der Waals surface area contributed by atoms with Crippen molar-refractivity contribution in [2.45, 2.75) is 24.7 Å². The Balaban J connectivity index is 1.19. The van der Waals surface area contributed by atoms with Crippen molar-refractivity contribution in [3.63, 3.8) is 0 Å². The molecule has 1 aromatic heterocycles. The van der Waals surface area contributed by atoms with E-state index < -0.39 is 5.41 Å². The first kappa shape index (κ1) is 31.8. The van der Waals surface area contributed by atoms with Crippen LogP contribution in [-0.4, -0.2) is 9.97 Å². The van der Waals surface area contributed by atoms with Gasteiger partial charge in [-0.2, -0.15) is 5.26 Å². The smallest absolute Gasteiger partial charge is 0.160 e. The number of nitriles is 1. The molecule has 8 aromatic rings. The van der Waals surface area contributed by atoms with Gasteiger partial charge in [0.2, 0.25) is 0 Å². The zero-order valence-corrected chi connectivity index (χ0v) is 30.1. The Hall–Kier alpha value is -6.89. The number of hydrogen-bond donors (Lipinski definition) is 0. The van der Waals surface area contributed by atoms with Crippen LogP contribution in [0, 0.1) is 11.3 Å². The highest BCUT2D eigenvalue weighted by Gasteiger charge is 2.53. The number of rotatable bonds is 4. The molecule has 2 aliphatic rings. The minimum absolute atomic E-state index is 0.144. The van der Waals surface area contributed by atoms with Crippen molar-refractivity contribution in [1.29, 1.82) is 5.26 Å². The average molecular weight is 690 g/mol. The Morgan fingerprint density at radius 3 is 1.63 bits per heavy atom. The molecule has 54 heavy (non-hydrogen) atoms. The number of nitrogens with zero attached hydrogens (tertiary/aromatic N) is 3.